The topological polar surface area (TPSA) is 68.7 Å². The lowest BCUT2D eigenvalue weighted by atomic mass is 10.2. The number of thiazole rings is 1. The predicted molar refractivity (Wildman–Crippen MR) is 111 cm³/mol. The van der Waals surface area contributed by atoms with E-state index in [-0.39, 0.29) is 18.3 Å². The lowest BCUT2D eigenvalue weighted by molar-refractivity contribution is -0.139. The summed E-state index contributed by atoms with van der Waals surface area (Å²) < 4.78 is 24.2. The fraction of sp³-hybridized carbons (Fsp3) is 0.227. The average molecular weight is 428 g/mol. The van der Waals surface area contributed by atoms with Gasteiger partial charge < -0.3 is 14.4 Å². The number of likely N-dealkylation sites (N-methyl/N-ethyl adjacent to an activating group) is 1. The van der Waals surface area contributed by atoms with Gasteiger partial charge in [0.15, 0.2) is 6.10 Å². The summed E-state index contributed by atoms with van der Waals surface area (Å²) in [5, 5.41) is 1.90. The molecule has 8 heteroatoms. The first-order valence-corrected chi connectivity index (χ1v) is 10.2. The van der Waals surface area contributed by atoms with Crippen LogP contribution in [0.15, 0.2) is 59.4 Å². The predicted octanol–water partition coefficient (Wildman–Crippen LogP) is 4.07. The van der Waals surface area contributed by atoms with Crippen molar-refractivity contribution >= 4 is 23.2 Å². The van der Waals surface area contributed by atoms with Gasteiger partial charge in [-0.25, -0.2) is 14.2 Å². The first kappa shape index (κ1) is 21.4. The van der Waals surface area contributed by atoms with Crippen LogP contribution in [0, 0.1) is 5.82 Å². The Labute approximate surface area is 177 Å². The Bertz CT molecular complexity index is 993. The number of halogens is 1. The third-order valence-corrected chi connectivity index (χ3v) is 4.91. The molecule has 2 aromatic carbocycles. The van der Waals surface area contributed by atoms with Gasteiger partial charge in [-0.1, -0.05) is 12.1 Å². The molecule has 1 amide bonds. The van der Waals surface area contributed by atoms with Crippen molar-refractivity contribution in [2.45, 2.75) is 26.2 Å². The Morgan fingerprint density at radius 2 is 1.97 bits per heavy atom. The van der Waals surface area contributed by atoms with Crippen LogP contribution in [0.4, 0.5) is 4.39 Å². The maximum Gasteiger partial charge on any atom is 0.338 e. The molecular weight excluding hydrogens is 407 g/mol. The van der Waals surface area contributed by atoms with Crippen LogP contribution in [-0.2, 0) is 22.7 Å². The average Bonchev–Trinajstić information content (AvgIpc) is 3.25. The number of ether oxygens (including phenoxy) is 2. The van der Waals surface area contributed by atoms with Gasteiger partial charge in [-0.3, -0.25) is 4.79 Å². The number of aromatic nitrogens is 1. The van der Waals surface area contributed by atoms with Crippen LogP contribution in [0.25, 0.3) is 0 Å². The smallest absolute Gasteiger partial charge is 0.338 e. The fourth-order valence-corrected chi connectivity index (χ4v) is 3.27. The van der Waals surface area contributed by atoms with Crippen LogP contribution in [0.1, 0.15) is 28.5 Å². The molecule has 0 saturated carbocycles. The molecule has 0 aliphatic carbocycles. The van der Waals surface area contributed by atoms with E-state index in [4.69, 9.17) is 9.47 Å². The summed E-state index contributed by atoms with van der Waals surface area (Å²) in [6.45, 7) is 2.06. The molecule has 0 saturated heterocycles. The highest BCUT2D eigenvalue weighted by molar-refractivity contribution is 7.07. The molecule has 0 radical (unpaired) electrons. The van der Waals surface area contributed by atoms with Crippen molar-refractivity contribution < 1.29 is 23.5 Å². The van der Waals surface area contributed by atoms with Gasteiger partial charge in [-0.2, -0.15) is 0 Å². The number of rotatable bonds is 8. The summed E-state index contributed by atoms with van der Waals surface area (Å²) in [4.78, 5) is 30.4. The second-order valence-electron chi connectivity index (χ2n) is 6.66. The molecule has 1 aromatic heterocycles. The molecule has 30 heavy (non-hydrogen) atoms. The number of carbonyl (C=O) groups is 2. The molecule has 0 bridgehead atoms. The van der Waals surface area contributed by atoms with E-state index in [1.807, 2.05) is 5.38 Å². The maximum absolute atomic E-state index is 13.3. The van der Waals surface area contributed by atoms with Crippen molar-refractivity contribution in [1.29, 1.82) is 0 Å². The van der Waals surface area contributed by atoms with Gasteiger partial charge in [0.1, 0.15) is 18.2 Å². The minimum atomic E-state index is -0.975. The molecule has 0 aliphatic heterocycles. The number of carbonyl (C=O) groups excluding carboxylic acids is 2. The molecule has 6 nitrogen and oxygen atoms in total. The SMILES string of the molecule is C[C@H](OC(=O)c1ccc(OCc2cscn2)cc1)C(=O)N(C)Cc1cccc(F)c1. The summed E-state index contributed by atoms with van der Waals surface area (Å²) in [7, 11) is 1.58. The van der Waals surface area contributed by atoms with Gasteiger partial charge in [-0.15, -0.1) is 11.3 Å². The van der Waals surface area contributed by atoms with E-state index < -0.39 is 12.1 Å². The van der Waals surface area contributed by atoms with Gasteiger partial charge in [-0.05, 0) is 48.9 Å². The van der Waals surface area contributed by atoms with E-state index in [9.17, 15) is 14.0 Å². The Morgan fingerprint density at radius 1 is 1.20 bits per heavy atom. The lowest BCUT2D eigenvalue weighted by Crippen LogP contribution is -2.37. The Hall–Kier alpha value is -3.26. The van der Waals surface area contributed by atoms with E-state index in [2.05, 4.69) is 4.98 Å². The summed E-state index contributed by atoms with van der Waals surface area (Å²) >= 11 is 1.49. The molecule has 0 spiro atoms. The molecule has 1 heterocycles. The summed E-state index contributed by atoms with van der Waals surface area (Å²) in [6.07, 6.45) is -0.975. The third-order valence-electron chi connectivity index (χ3n) is 4.28. The summed E-state index contributed by atoms with van der Waals surface area (Å²) in [5.74, 6) is -0.762. The van der Waals surface area contributed by atoms with Crippen LogP contribution in [0.3, 0.4) is 0 Å². The zero-order chi connectivity index (χ0) is 21.5. The molecular formula is C22H21FN2O4S. The van der Waals surface area contributed by atoms with Crippen molar-refractivity contribution in [3.8, 4) is 5.75 Å². The molecule has 3 rings (SSSR count). The molecule has 156 valence electrons. The third kappa shape index (κ3) is 5.87. The Kier molecular flexibility index (Phi) is 7.13. The first-order valence-electron chi connectivity index (χ1n) is 9.22. The zero-order valence-electron chi connectivity index (χ0n) is 16.6. The molecule has 0 fully saturated rings. The molecule has 0 N–H and O–H groups in total. The molecule has 0 aliphatic rings. The van der Waals surface area contributed by atoms with Gasteiger partial charge in [0, 0.05) is 19.0 Å². The Balaban J connectivity index is 1.51. The number of benzene rings is 2. The lowest BCUT2D eigenvalue weighted by Gasteiger charge is -2.21. The standard InChI is InChI=1S/C22H21FN2O4S/c1-15(21(26)25(2)11-16-4-3-5-18(23)10-16)29-22(27)17-6-8-20(9-7-17)28-12-19-13-30-14-24-19/h3-10,13-15H,11-12H2,1-2H3/t15-/m0/s1. The Morgan fingerprint density at radius 3 is 2.63 bits per heavy atom. The van der Waals surface area contributed by atoms with Crippen LogP contribution in [-0.4, -0.2) is 34.9 Å². The molecule has 0 unspecified atom stereocenters. The van der Waals surface area contributed by atoms with Crippen molar-refractivity contribution in [1.82, 2.24) is 9.88 Å². The summed E-state index contributed by atoms with van der Waals surface area (Å²) in [6, 6.07) is 12.5. The fourth-order valence-electron chi connectivity index (χ4n) is 2.73. The van der Waals surface area contributed by atoms with Gasteiger partial charge in [0.25, 0.3) is 5.91 Å². The minimum Gasteiger partial charge on any atom is -0.487 e. The first-order chi connectivity index (χ1) is 14.4. The largest absolute Gasteiger partial charge is 0.487 e. The highest BCUT2D eigenvalue weighted by Crippen LogP contribution is 2.16. The second-order valence-corrected chi connectivity index (χ2v) is 7.38. The van der Waals surface area contributed by atoms with Gasteiger partial charge >= 0.3 is 5.97 Å². The van der Waals surface area contributed by atoms with E-state index in [0.717, 1.165) is 5.69 Å². The summed E-state index contributed by atoms with van der Waals surface area (Å²) in [5.41, 5.74) is 3.52. The van der Waals surface area contributed by atoms with Crippen molar-refractivity contribution in [3.05, 3.63) is 82.1 Å². The number of hydrogen-bond donors (Lipinski definition) is 0. The van der Waals surface area contributed by atoms with Crippen LogP contribution in [0.2, 0.25) is 0 Å². The highest BCUT2D eigenvalue weighted by Gasteiger charge is 2.22. The van der Waals surface area contributed by atoms with E-state index in [1.165, 1.54) is 35.3 Å². The molecule has 3 aromatic rings. The molecule has 1 atom stereocenters. The van der Waals surface area contributed by atoms with E-state index >= 15 is 0 Å². The van der Waals surface area contributed by atoms with Crippen molar-refractivity contribution in [3.63, 3.8) is 0 Å². The van der Waals surface area contributed by atoms with Gasteiger partial charge in [0.2, 0.25) is 0 Å². The van der Waals surface area contributed by atoms with E-state index in [0.29, 0.717) is 23.5 Å². The van der Waals surface area contributed by atoms with Crippen LogP contribution < -0.4 is 4.74 Å². The number of esters is 1. The number of nitrogens with zero attached hydrogens (tertiary/aromatic N) is 2. The van der Waals surface area contributed by atoms with Crippen LogP contribution in [0.5, 0.6) is 5.75 Å². The van der Waals surface area contributed by atoms with E-state index in [1.54, 1.807) is 49.0 Å². The highest BCUT2D eigenvalue weighted by atomic mass is 32.1. The van der Waals surface area contributed by atoms with Crippen LogP contribution >= 0.6 is 11.3 Å². The zero-order valence-corrected chi connectivity index (χ0v) is 17.4. The number of hydrogen-bond acceptors (Lipinski definition) is 6. The minimum absolute atomic E-state index is 0.212. The maximum atomic E-state index is 13.3. The van der Waals surface area contributed by atoms with Crippen molar-refractivity contribution in [2.24, 2.45) is 0 Å². The second kappa shape index (κ2) is 9.98. The monoisotopic (exact) mass is 428 g/mol. The van der Waals surface area contributed by atoms with Crippen molar-refractivity contribution in [2.75, 3.05) is 7.05 Å². The normalized spacial score (nSPS) is 11.6. The van der Waals surface area contributed by atoms with Gasteiger partial charge in [0.05, 0.1) is 16.8 Å². The quantitative estimate of drug-likeness (QED) is 0.506. The number of amides is 1.